The predicted octanol–water partition coefficient (Wildman–Crippen LogP) is 5.70. The molecule has 5 rings (SSSR count). The van der Waals surface area contributed by atoms with Gasteiger partial charge >= 0.3 is 0 Å². The molecule has 1 aliphatic rings. The van der Waals surface area contributed by atoms with Gasteiger partial charge in [0.1, 0.15) is 5.75 Å². The lowest BCUT2D eigenvalue weighted by Gasteiger charge is -2.39. The zero-order valence-corrected chi connectivity index (χ0v) is 26.4. The molecule has 0 unspecified atom stereocenters. The van der Waals surface area contributed by atoms with Gasteiger partial charge in [-0.05, 0) is 85.7 Å². The molecule has 4 aromatic carbocycles. The second-order valence-electron chi connectivity index (χ2n) is 10.8. The highest BCUT2D eigenvalue weighted by molar-refractivity contribution is 7.89. The molecule has 0 radical (unpaired) electrons. The molecule has 0 aliphatic carbocycles. The molecular weight excluding hydrogens is 593 g/mol. The Labute approximate surface area is 264 Å². The van der Waals surface area contributed by atoms with E-state index >= 15 is 0 Å². The van der Waals surface area contributed by atoms with E-state index in [9.17, 15) is 13.2 Å². The fourth-order valence-corrected chi connectivity index (χ4v) is 6.87. The van der Waals surface area contributed by atoms with Crippen molar-refractivity contribution in [1.82, 2.24) is 14.5 Å². The maximum atomic E-state index is 13.5. The number of nitrogens with zero attached hydrogens (tertiary/aromatic N) is 2. The van der Waals surface area contributed by atoms with Gasteiger partial charge in [0.2, 0.25) is 10.0 Å². The Kier molecular flexibility index (Phi) is 10.1. The minimum absolute atomic E-state index is 0.0376. The van der Waals surface area contributed by atoms with Crippen LogP contribution in [-0.2, 0) is 10.0 Å². The fraction of sp³-hybridized carbons (Fsp3) is 0.235. The monoisotopic (exact) mass is 628 g/mol. The van der Waals surface area contributed by atoms with Crippen molar-refractivity contribution in [3.05, 3.63) is 126 Å². The fourth-order valence-electron chi connectivity index (χ4n) is 5.24. The van der Waals surface area contributed by atoms with Crippen LogP contribution in [0.25, 0.3) is 0 Å². The molecule has 1 fully saturated rings. The van der Waals surface area contributed by atoms with E-state index in [-0.39, 0.29) is 28.1 Å². The van der Waals surface area contributed by atoms with Crippen molar-refractivity contribution in [2.75, 3.05) is 31.5 Å². The summed E-state index contributed by atoms with van der Waals surface area (Å²) in [5.74, 6) is 0.316. The van der Waals surface area contributed by atoms with Gasteiger partial charge in [-0.3, -0.25) is 15.0 Å². The molecule has 2 N–H and O–H groups in total. The molecule has 8 nitrogen and oxygen atoms in total. The Balaban J connectivity index is 1.18. The maximum absolute atomic E-state index is 13.5. The van der Waals surface area contributed by atoms with Crippen molar-refractivity contribution in [2.45, 2.75) is 30.9 Å². The molecule has 0 aromatic heterocycles. The number of piperazine rings is 1. The number of hydrogen-bond donors (Lipinski definition) is 2. The standard InChI is InChI=1S/C34H36N4O4S2/c1-25(2)42-30-17-13-28(14-18-30)33(39)36-34(43)35-29-15-19-31(20-16-29)44(40,41)38-23-21-37(22-24-38)32(26-9-5-3-6-10-26)27-11-7-4-8-12-27/h3-20,25,32H,21-24H2,1-2H3,(H2,35,36,39,43). The van der Waals surface area contributed by atoms with Gasteiger partial charge in [-0.2, -0.15) is 4.31 Å². The van der Waals surface area contributed by atoms with Crippen molar-refractivity contribution in [3.8, 4) is 5.75 Å². The van der Waals surface area contributed by atoms with E-state index in [4.69, 9.17) is 17.0 Å². The van der Waals surface area contributed by atoms with Crippen molar-refractivity contribution < 1.29 is 17.9 Å². The highest BCUT2D eigenvalue weighted by Crippen LogP contribution is 2.30. The smallest absolute Gasteiger partial charge is 0.257 e. The van der Waals surface area contributed by atoms with E-state index < -0.39 is 10.0 Å². The van der Waals surface area contributed by atoms with Crippen LogP contribution in [0.3, 0.4) is 0 Å². The largest absolute Gasteiger partial charge is 0.491 e. The number of thiocarbonyl (C=S) groups is 1. The van der Waals surface area contributed by atoms with Gasteiger partial charge in [0.15, 0.2) is 5.11 Å². The first-order chi connectivity index (χ1) is 21.2. The molecule has 228 valence electrons. The summed E-state index contributed by atoms with van der Waals surface area (Å²) in [6.45, 7) is 5.85. The molecule has 10 heteroatoms. The quantitative estimate of drug-likeness (QED) is 0.230. The van der Waals surface area contributed by atoms with Crippen molar-refractivity contribution in [2.24, 2.45) is 0 Å². The second-order valence-corrected chi connectivity index (χ2v) is 13.1. The summed E-state index contributed by atoms with van der Waals surface area (Å²) in [7, 11) is -3.69. The molecule has 0 saturated carbocycles. The lowest BCUT2D eigenvalue weighted by atomic mass is 9.96. The molecule has 44 heavy (non-hydrogen) atoms. The van der Waals surface area contributed by atoms with Crippen LogP contribution >= 0.6 is 12.2 Å². The summed E-state index contributed by atoms with van der Waals surface area (Å²) in [5.41, 5.74) is 3.36. The predicted molar refractivity (Wildman–Crippen MR) is 177 cm³/mol. The summed E-state index contributed by atoms with van der Waals surface area (Å²) in [5, 5.41) is 5.70. The Morgan fingerprint density at radius 2 is 1.32 bits per heavy atom. The molecule has 4 aromatic rings. The topological polar surface area (TPSA) is 91.0 Å². The third-order valence-electron chi connectivity index (χ3n) is 7.33. The van der Waals surface area contributed by atoms with Gasteiger partial charge in [0, 0.05) is 37.4 Å². The van der Waals surface area contributed by atoms with Crippen LogP contribution in [-0.4, -0.2) is 60.9 Å². The molecule has 1 aliphatic heterocycles. The van der Waals surface area contributed by atoms with Crippen LogP contribution < -0.4 is 15.4 Å². The average molecular weight is 629 g/mol. The molecule has 0 spiro atoms. The zero-order valence-electron chi connectivity index (χ0n) is 24.7. The van der Waals surface area contributed by atoms with E-state index in [0.29, 0.717) is 43.2 Å². The van der Waals surface area contributed by atoms with Gasteiger partial charge in [0.05, 0.1) is 17.0 Å². The summed E-state index contributed by atoms with van der Waals surface area (Å²) in [6, 6.07) is 33.9. The third-order valence-corrected chi connectivity index (χ3v) is 9.45. The molecule has 1 amide bonds. The Morgan fingerprint density at radius 1 is 0.773 bits per heavy atom. The summed E-state index contributed by atoms with van der Waals surface area (Å²) < 4.78 is 34.2. The lowest BCUT2D eigenvalue weighted by molar-refractivity contribution is 0.0977. The summed E-state index contributed by atoms with van der Waals surface area (Å²) in [6.07, 6.45) is 0.0376. The molecular formula is C34H36N4O4S2. The van der Waals surface area contributed by atoms with Crippen LogP contribution in [0.15, 0.2) is 114 Å². The number of benzene rings is 4. The SMILES string of the molecule is CC(C)Oc1ccc(C(=O)NC(=S)Nc2ccc(S(=O)(=O)N3CCN(C(c4ccccc4)c4ccccc4)CC3)cc2)cc1. The summed E-state index contributed by atoms with van der Waals surface area (Å²) in [4.78, 5) is 15.1. The normalized spacial score (nSPS) is 14.4. The third kappa shape index (κ3) is 7.70. The van der Waals surface area contributed by atoms with E-state index in [0.717, 1.165) is 0 Å². The van der Waals surface area contributed by atoms with Crippen LogP contribution in [0.2, 0.25) is 0 Å². The lowest BCUT2D eigenvalue weighted by Crippen LogP contribution is -2.49. The van der Waals surface area contributed by atoms with E-state index in [2.05, 4.69) is 39.8 Å². The number of hydrogen-bond acceptors (Lipinski definition) is 6. The van der Waals surface area contributed by atoms with E-state index in [1.807, 2.05) is 50.2 Å². The molecule has 1 saturated heterocycles. The maximum Gasteiger partial charge on any atom is 0.257 e. The number of ether oxygens (including phenoxy) is 1. The molecule has 0 atom stereocenters. The van der Waals surface area contributed by atoms with Gasteiger partial charge in [-0.25, -0.2) is 8.42 Å². The van der Waals surface area contributed by atoms with Gasteiger partial charge in [-0.1, -0.05) is 60.7 Å². The molecule has 0 bridgehead atoms. The number of amides is 1. The van der Waals surface area contributed by atoms with Gasteiger partial charge in [-0.15, -0.1) is 0 Å². The number of sulfonamides is 1. The first-order valence-electron chi connectivity index (χ1n) is 14.5. The second kappa shape index (κ2) is 14.1. The van der Waals surface area contributed by atoms with Crippen LogP contribution in [0, 0.1) is 0 Å². The van der Waals surface area contributed by atoms with Crippen molar-refractivity contribution in [1.29, 1.82) is 0 Å². The number of nitrogens with one attached hydrogen (secondary N) is 2. The highest BCUT2D eigenvalue weighted by Gasteiger charge is 2.32. The Morgan fingerprint density at radius 3 is 1.84 bits per heavy atom. The van der Waals surface area contributed by atoms with Crippen LogP contribution in [0.1, 0.15) is 41.4 Å². The number of rotatable bonds is 9. The zero-order chi connectivity index (χ0) is 31.1. The number of carbonyl (C=O) groups is 1. The van der Waals surface area contributed by atoms with Crippen LogP contribution in [0.4, 0.5) is 5.69 Å². The van der Waals surface area contributed by atoms with Crippen molar-refractivity contribution in [3.63, 3.8) is 0 Å². The van der Waals surface area contributed by atoms with Gasteiger partial charge < -0.3 is 10.1 Å². The van der Waals surface area contributed by atoms with Crippen LogP contribution in [0.5, 0.6) is 5.75 Å². The highest BCUT2D eigenvalue weighted by atomic mass is 32.2. The molecule has 1 heterocycles. The average Bonchev–Trinajstić information content (AvgIpc) is 3.03. The summed E-state index contributed by atoms with van der Waals surface area (Å²) >= 11 is 5.31. The first kappa shape index (κ1) is 31.3. The number of anilines is 1. The Bertz CT molecular complexity index is 1620. The minimum Gasteiger partial charge on any atom is -0.491 e. The first-order valence-corrected chi connectivity index (χ1v) is 16.4. The minimum atomic E-state index is -3.69. The Hall–Kier alpha value is -4.09. The van der Waals surface area contributed by atoms with E-state index in [1.165, 1.54) is 11.1 Å². The van der Waals surface area contributed by atoms with Crippen molar-refractivity contribution >= 4 is 38.9 Å². The van der Waals surface area contributed by atoms with Gasteiger partial charge in [0.25, 0.3) is 5.91 Å². The number of carbonyl (C=O) groups excluding carboxylic acids is 1. The van der Waals surface area contributed by atoms with E-state index in [1.54, 1.807) is 52.8 Å².